The molecule has 0 bridgehead atoms. The molecule has 9 heteroatoms. The standard InChI is InChI=1S/C32H23F2N7/c33-23-9-4-8-21(13-23)24-10-5-11-25-30(24)39-32(38-25)31-27-26(40-41-31)18-37-29(28(27)34)22-12-20(16-36-17-22)15-35-14-19-6-2-1-3-7-19/h1-13,16-18,35H,14-15H2,(H,38,39)(H,40,41). The molecule has 0 saturated carbocycles. The molecular formula is C32H23F2N7. The predicted octanol–water partition coefficient (Wildman–Crippen LogP) is 6.80. The molecule has 7 rings (SSSR count). The number of rotatable bonds is 7. The van der Waals surface area contributed by atoms with E-state index in [4.69, 9.17) is 4.98 Å². The lowest BCUT2D eigenvalue weighted by Crippen LogP contribution is -2.12. The molecule has 0 fully saturated rings. The summed E-state index contributed by atoms with van der Waals surface area (Å²) < 4.78 is 30.1. The fraction of sp³-hybridized carbons (Fsp3) is 0.0625. The van der Waals surface area contributed by atoms with E-state index in [0.717, 1.165) is 16.6 Å². The Balaban J connectivity index is 1.24. The van der Waals surface area contributed by atoms with E-state index in [1.54, 1.807) is 24.7 Å². The maximum Gasteiger partial charge on any atom is 0.161 e. The largest absolute Gasteiger partial charge is 0.337 e. The van der Waals surface area contributed by atoms with Crippen LogP contribution in [0.25, 0.3) is 55.8 Å². The fourth-order valence-corrected chi connectivity index (χ4v) is 5.04. The summed E-state index contributed by atoms with van der Waals surface area (Å²) in [6.07, 6.45) is 4.92. The van der Waals surface area contributed by atoms with Crippen LogP contribution in [0.15, 0.2) is 97.5 Å². The molecule has 3 N–H and O–H groups in total. The van der Waals surface area contributed by atoms with E-state index >= 15 is 4.39 Å². The first-order valence-corrected chi connectivity index (χ1v) is 13.1. The summed E-state index contributed by atoms with van der Waals surface area (Å²) in [5.74, 6) is -0.461. The number of aromatic amines is 2. The van der Waals surface area contributed by atoms with Crippen molar-refractivity contribution >= 4 is 21.9 Å². The summed E-state index contributed by atoms with van der Waals surface area (Å²) in [6.45, 7) is 1.28. The average Bonchev–Trinajstić information content (AvgIpc) is 3.63. The Kier molecular flexibility index (Phi) is 6.25. The third-order valence-corrected chi connectivity index (χ3v) is 6.99. The van der Waals surface area contributed by atoms with Crippen molar-refractivity contribution in [2.45, 2.75) is 13.1 Å². The molecule has 0 aliphatic carbocycles. The first kappa shape index (κ1) is 24.7. The second-order valence-electron chi connectivity index (χ2n) is 9.75. The van der Waals surface area contributed by atoms with Gasteiger partial charge in [0.25, 0.3) is 0 Å². The topological polar surface area (TPSA) is 95.2 Å². The predicted molar refractivity (Wildman–Crippen MR) is 155 cm³/mol. The second kappa shape index (κ2) is 10.4. The van der Waals surface area contributed by atoms with Gasteiger partial charge in [0, 0.05) is 36.6 Å². The van der Waals surface area contributed by atoms with Gasteiger partial charge in [0.05, 0.1) is 28.1 Å². The van der Waals surface area contributed by atoms with Gasteiger partial charge in [-0.05, 0) is 41.0 Å². The molecule has 4 heterocycles. The SMILES string of the molecule is Fc1cccc(-c2cccc3[nH]c(-c4n[nH]c5cnc(-c6cncc(CNCc7ccccc7)c6)c(F)c45)nc23)c1. The van der Waals surface area contributed by atoms with Crippen molar-refractivity contribution in [3.8, 4) is 33.9 Å². The number of para-hydroxylation sites is 1. The molecule has 7 aromatic rings. The molecule has 41 heavy (non-hydrogen) atoms. The van der Waals surface area contributed by atoms with Gasteiger partial charge in [0.15, 0.2) is 11.6 Å². The number of halogens is 2. The van der Waals surface area contributed by atoms with Gasteiger partial charge in [-0.3, -0.25) is 15.1 Å². The molecule has 0 atom stereocenters. The Bertz CT molecular complexity index is 2010. The number of pyridine rings is 2. The summed E-state index contributed by atoms with van der Waals surface area (Å²) >= 11 is 0. The van der Waals surface area contributed by atoms with Gasteiger partial charge in [0.2, 0.25) is 0 Å². The van der Waals surface area contributed by atoms with E-state index in [-0.39, 0.29) is 16.9 Å². The highest BCUT2D eigenvalue weighted by Crippen LogP contribution is 2.34. The van der Waals surface area contributed by atoms with Crippen LogP contribution in [0.4, 0.5) is 8.78 Å². The lowest BCUT2D eigenvalue weighted by molar-refractivity contribution is 0.628. The average molecular weight is 544 g/mol. The molecule has 0 spiro atoms. The number of nitrogens with zero attached hydrogens (tertiary/aromatic N) is 4. The molecular weight excluding hydrogens is 520 g/mol. The van der Waals surface area contributed by atoms with Crippen LogP contribution >= 0.6 is 0 Å². The molecule has 3 aromatic carbocycles. The molecule has 0 saturated heterocycles. The quantitative estimate of drug-likeness (QED) is 0.206. The second-order valence-corrected chi connectivity index (χ2v) is 9.75. The summed E-state index contributed by atoms with van der Waals surface area (Å²) in [5.41, 5.74) is 6.43. The minimum atomic E-state index is -0.520. The zero-order chi connectivity index (χ0) is 27.8. The van der Waals surface area contributed by atoms with Gasteiger partial charge < -0.3 is 10.3 Å². The Morgan fingerprint density at radius 3 is 2.46 bits per heavy atom. The van der Waals surface area contributed by atoms with Crippen molar-refractivity contribution < 1.29 is 8.78 Å². The van der Waals surface area contributed by atoms with Crippen LogP contribution in [0, 0.1) is 11.6 Å². The van der Waals surface area contributed by atoms with Crippen LogP contribution < -0.4 is 5.32 Å². The Labute approximate surface area is 233 Å². The Morgan fingerprint density at radius 2 is 1.59 bits per heavy atom. The zero-order valence-electron chi connectivity index (χ0n) is 21.7. The first-order chi connectivity index (χ1) is 20.1. The van der Waals surface area contributed by atoms with Crippen molar-refractivity contribution in [2.75, 3.05) is 0 Å². The van der Waals surface area contributed by atoms with Crippen LogP contribution in [-0.4, -0.2) is 30.1 Å². The smallest absolute Gasteiger partial charge is 0.161 e. The number of hydrogen-bond donors (Lipinski definition) is 3. The highest BCUT2D eigenvalue weighted by molar-refractivity contribution is 5.98. The molecule has 7 nitrogen and oxygen atoms in total. The van der Waals surface area contributed by atoms with Crippen molar-refractivity contribution in [2.24, 2.45) is 0 Å². The molecule has 4 aromatic heterocycles. The van der Waals surface area contributed by atoms with Gasteiger partial charge in [-0.1, -0.05) is 54.6 Å². The molecule has 0 radical (unpaired) electrons. The van der Waals surface area contributed by atoms with Gasteiger partial charge in [0.1, 0.15) is 17.2 Å². The molecule has 200 valence electrons. The number of fused-ring (bicyclic) bond motifs is 2. The number of H-pyrrole nitrogens is 2. The van der Waals surface area contributed by atoms with Crippen LogP contribution in [0.3, 0.4) is 0 Å². The highest BCUT2D eigenvalue weighted by atomic mass is 19.1. The van der Waals surface area contributed by atoms with E-state index < -0.39 is 5.82 Å². The number of benzene rings is 3. The van der Waals surface area contributed by atoms with Gasteiger partial charge in [-0.25, -0.2) is 13.8 Å². The summed E-state index contributed by atoms with van der Waals surface area (Å²) in [5, 5.41) is 10.9. The Morgan fingerprint density at radius 1 is 0.732 bits per heavy atom. The van der Waals surface area contributed by atoms with Crippen LogP contribution in [-0.2, 0) is 13.1 Å². The monoisotopic (exact) mass is 543 g/mol. The third-order valence-electron chi connectivity index (χ3n) is 6.99. The highest BCUT2D eigenvalue weighted by Gasteiger charge is 2.21. The van der Waals surface area contributed by atoms with Gasteiger partial charge >= 0.3 is 0 Å². The van der Waals surface area contributed by atoms with Crippen molar-refractivity contribution in [1.29, 1.82) is 0 Å². The molecule has 0 aliphatic heterocycles. The first-order valence-electron chi connectivity index (χ1n) is 13.1. The number of nitrogens with one attached hydrogen (secondary N) is 3. The van der Waals surface area contributed by atoms with Gasteiger partial charge in [-0.2, -0.15) is 5.10 Å². The maximum absolute atomic E-state index is 16.1. The number of imidazole rings is 1. The molecule has 0 amide bonds. The Hall–Kier alpha value is -5.28. The van der Waals surface area contributed by atoms with Crippen LogP contribution in [0.5, 0.6) is 0 Å². The number of hydrogen-bond acceptors (Lipinski definition) is 5. The van der Waals surface area contributed by atoms with E-state index in [2.05, 4.69) is 42.6 Å². The van der Waals surface area contributed by atoms with E-state index in [1.165, 1.54) is 17.7 Å². The lowest BCUT2D eigenvalue weighted by atomic mass is 10.0. The van der Waals surface area contributed by atoms with Crippen LogP contribution in [0.2, 0.25) is 0 Å². The zero-order valence-corrected chi connectivity index (χ0v) is 21.7. The fourth-order valence-electron chi connectivity index (χ4n) is 5.04. The molecule has 0 aliphatic rings. The minimum Gasteiger partial charge on any atom is -0.337 e. The van der Waals surface area contributed by atoms with Gasteiger partial charge in [-0.15, -0.1) is 0 Å². The molecule has 0 unspecified atom stereocenters. The summed E-state index contributed by atoms with van der Waals surface area (Å²) in [4.78, 5) is 16.7. The summed E-state index contributed by atoms with van der Waals surface area (Å²) in [7, 11) is 0. The van der Waals surface area contributed by atoms with Crippen molar-refractivity contribution in [1.82, 2.24) is 35.5 Å². The minimum absolute atomic E-state index is 0.175. The maximum atomic E-state index is 16.1. The van der Waals surface area contributed by atoms with E-state index in [0.29, 0.717) is 46.8 Å². The van der Waals surface area contributed by atoms with E-state index in [9.17, 15) is 4.39 Å². The lowest BCUT2D eigenvalue weighted by Gasteiger charge is -2.08. The van der Waals surface area contributed by atoms with Crippen molar-refractivity contribution in [3.05, 3.63) is 120 Å². The van der Waals surface area contributed by atoms with Crippen molar-refractivity contribution in [3.63, 3.8) is 0 Å². The normalized spacial score (nSPS) is 11.5. The summed E-state index contributed by atoms with van der Waals surface area (Å²) in [6, 6.07) is 23.9. The van der Waals surface area contributed by atoms with E-state index in [1.807, 2.05) is 48.5 Å². The third kappa shape index (κ3) is 4.72. The number of aromatic nitrogens is 6. The van der Waals surface area contributed by atoms with Crippen LogP contribution in [0.1, 0.15) is 11.1 Å².